The molecule has 0 atom stereocenters. The van der Waals surface area contributed by atoms with Crippen molar-refractivity contribution in [1.82, 2.24) is 0 Å². The van der Waals surface area contributed by atoms with Crippen LogP contribution in [0.5, 0.6) is 5.75 Å². The highest BCUT2D eigenvalue weighted by Gasteiger charge is 2.19. The van der Waals surface area contributed by atoms with E-state index in [1.807, 2.05) is 32.9 Å². The second-order valence-corrected chi connectivity index (χ2v) is 8.58. The molecule has 0 unspecified atom stereocenters. The lowest BCUT2D eigenvalue weighted by atomic mass is 10.1. The van der Waals surface area contributed by atoms with E-state index in [1.165, 1.54) is 12.1 Å². The maximum absolute atomic E-state index is 12.9. The summed E-state index contributed by atoms with van der Waals surface area (Å²) in [4.78, 5) is 12.6. The van der Waals surface area contributed by atoms with Crippen molar-refractivity contribution in [3.05, 3.63) is 83.4 Å². The third-order valence-electron chi connectivity index (χ3n) is 4.32. The number of hydrogen-bond acceptors (Lipinski definition) is 4. The summed E-state index contributed by atoms with van der Waals surface area (Å²) < 4.78 is 34.0. The number of aryl methyl sites for hydroxylation is 2. The van der Waals surface area contributed by atoms with Crippen LogP contribution in [0, 0.1) is 13.8 Å². The Morgan fingerprint density at radius 1 is 0.933 bits per heavy atom. The third kappa shape index (κ3) is 5.18. The number of carbonyl (C=O) groups is 1. The molecule has 0 saturated heterocycles. The van der Waals surface area contributed by atoms with Gasteiger partial charge < -0.3 is 10.1 Å². The highest BCUT2D eigenvalue weighted by atomic mass is 32.2. The molecule has 0 aliphatic heterocycles. The van der Waals surface area contributed by atoms with E-state index in [1.54, 1.807) is 42.5 Å². The molecule has 6 nitrogen and oxygen atoms in total. The highest BCUT2D eigenvalue weighted by molar-refractivity contribution is 7.92. The summed E-state index contributed by atoms with van der Waals surface area (Å²) in [5.74, 6) is 0.0421. The fourth-order valence-electron chi connectivity index (χ4n) is 3.09. The van der Waals surface area contributed by atoms with Gasteiger partial charge in [0.15, 0.2) is 0 Å². The molecule has 0 spiro atoms. The van der Waals surface area contributed by atoms with Crippen molar-refractivity contribution in [1.29, 1.82) is 0 Å². The van der Waals surface area contributed by atoms with Crippen molar-refractivity contribution in [2.75, 3.05) is 16.6 Å². The second-order valence-electron chi connectivity index (χ2n) is 6.89. The average Bonchev–Trinajstić information content (AvgIpc) is 2.69. The van der Waals surface area contributed by atoms with Crippen LogP contribution in [0.3, 0.4) is 0 Å². The van der Waals surface area contributed by atoms with Crippen molar-refractivity contribution >= 4 is 27.3 Å². The van der Waals surface area contributed by atoms with E-state index in [2.05, 4.69) is 10.0 Å². The monoisotopic (exact) mass is 424 g/mol. The van der Waals surface area contributed by atoms with Crippen molar-refractivity contribution in [2.45, 2.75) is 25.7 Å². The van der Waals surface area contributed by atoms with Gasteiger partial charge in [-0.25, -0.2) is 8.42 Å². The fraction of sp³-hybridized carbons (Fsp3) is 0.174. The largest absolute Gasteiger partial charge is 0.492 e. The molecular formula is C23H24N2O4S. The normalized spacial score (nSPS) is 11.0. The number of rotatable bonds is 7. The van der Waals surface area contributed by atoms with Gasteiger partial charge in [-0.15, -0.1) is 0 Å². The summed E-state index contributed by atoms with van der Waals surface area (Å²) in [7, 11) is -3.86. The minimum atomic E-state index is -3.86. The first kappa shape index (κ1) is 21.4. The van der Waals surface area contributed by atoms with Gasteiger partial charge in [0, 0.05) is 11.3 Å². The molecule has 30 heavy (non-hydrogen) atoms. The number of anilines is 2. The molecular weight excluding hydrogens is 400 g/mol. The lowest BCUT2D eigenvalue weighted by molar-refractivity contribution is 0.102. The first-order valence-corrected chi connectivity index (χ1v) is 11.0. The molecule has 0 saturated carbocycles. The third-order valence-corrected chi connectivity index (χ3v) is 5.70. The van der Waals surface area contributed by atoms with E-state index in [4.69, 9.17) is 4.74 Å². The Bertz CT molecular complexity index is 1140. The molecule has 2 N–H and O–H groups in total. The van der Waals surface area contributed by atoms with Crippen LogP contribution in [-0.2, 0) is 10.0 Å². The molecule has 156 valence electrons. The minimum Gasteiger partial charge on any atom is -0.492 e. The lowest BCUT2D eigenvalue weighted by Gasteiger charge is -2.15. The maximum Gasteiger partial charge on any atom is 0.261 e. The molecule has 1 amide bonds. The molecule has 0 aromatic heterocycles. The standard InChI is InChI=1S/C23H24N2O4S/c1-4-29-22-11-10-20(15-21(22)24-23(26)18-8-6-5-7-9-18)30(27,28)25-19-13-16(2)12-17(3)14-19/h5-15,25H,4H2,1-3H3,(H,24,26). The molecule has 3 rings (SSSR count). The number of amides is 1. The van der Waals surface area contributed by atoms with Crippen LogP contribution in [0.15, 0.2) is 71.6 Å². The Morgan fingerprint density at radius 2 is 1.60 bits per heavy atom. The number of ether oxygens (including phenoxy) is 1. The van der Waals surface area contributed by atoms with Gasteiger partial charge >= 0.3 is 0 Å². The van der Waals surface area contributed by atoms with Crippen LogP contribution in [0.25, 0.3) is 0 Å². The molecule has 0 aliphatic rings. The molecule has 0 aliphatic carbocycles. The van der Waals surface area contributed by atoms with Crippen LogP contribution in [0.4, 0.5) is 11.4 Å². The number of sulfonamides is 1. The molecule has 0 radical (unpaired) electrons. The Balaban J connectivity index is 1.93. The quantitative estimate of drug-likeness (QED) is 0.573. The molecule has 0 heterocycles. The topological polar surface area (TPSA) is 84.5 Å². The predicted octanol–water partition coefficient (Wildman–Crippen LogP) is 4.76. The average molecular weight is 425 g/mol. The summed E-state index contributed by atoms with van der Waals surface area (Å²) in [5.41, 5.74) is 3.14. The van der Waals surface area contributed by atoms with Crippen molar-refractivity contribution in [2.24, 2.45) is 0 Å². The summed E-state index contributed by atoms with van der Waals surface area (Å²) in [6.07, 6.45) is 0. The Kier molecular flexibility index (Phi) is 6.42. The van der Waals surface area contributed by atoms with Crippen LogP contribution in [0.2, 0.25) is 0 Å². The number of benzene rings is 3. The van der Waals surface area contributed by atoms with E-state index in [-0.39, 0.29) is 16.5 Å². The van der Waals surface area contributed by atoms with Crippen molar-refractivity contribution in [3.63, 3.8) is 0 Å². The minimum absolute atomic E-state index is 0.0217. The van der Waals surface area contributed by atoms with Gasteiger partial charge in [-0.3, -0.25) is 9.52 Å². The fourth-order valence-corrected chi connectivity index (χ4v) is 4.15. The molecule has 0 fully saturated rings. The second kappa shape index (κ2) is 9.00. The molecule has 3 aromatic rings. The number of hydrogen-bond donors (Lipinski definition) is 2. The molecule has 7 heteroatoms. The highest BCUT2D eigenvalue weighted by Crippen LogP contribution is 2.29. The van der Waals surface area contributed by atoms with E-state index in [0.29, 0.717) is 23.6 Å². The SMILES string of the molecule is CCOc1ccc(S(=O)(=O)Nc2cc(C)cc(C)c2)cc1NC(=O)c1ccccc1. The zero-order valence-electron chi connectivity index (χ0n) is 17.1. The molecule has 0 bridgehead atoms. The lowest BCUT2D eigenvalue weighted by Crippen LogP contribution is -2.16. The Morgan fingerprint density at radius 3 is 2.23 bits per heavy atom. The van der Waals surface area contributed by atoms with E-state index >= 15 is 0 Å². The van der Waals surface area contributed by atoms with E-state index < -0.39 is 10.0 Å². The number of carbonyl (C=O) groups excluding carboxylic acids is 1. The summed E-state index contributed by atoms with van der Waals surface area (Å²) >= 11 is 0. The molecule has 3 aromatic carbocycles. The summed E-state index contributed by atoms with van der Waals surface area (Å²) in [6, 6.07) is 18.6. The van der Waals surface area contributed by atoms with Gasteiger partial charge in [0.1, 0.15) is 5.75 Å². The summed E-state index contributed by atoms with van der Waals surface area (Å²) in [6.45, 7) is 5.99. The summed E-state index contributed by atoms with van der Waals surface area (Å²) in [5, 5.41) is 2.75. The predicted molar refractivity (Wildman–Crippen MR) is 119 cm³/mol. The Labute approximate surface area is 177 Å². The van der Waals surface area contributed by atoms with Gasteiger partial charge in [-0.2, -0.15) is 0 Å². The smallest absolute Gasteiger partial charge is 0.261 e. The van der Waals surface area contributed by atoms with Crippen LogP contribution in [0.1, 0.15) is 28.4 Å². The van der Waals surface area contributed by atoms with Gasteiger partial charge in [0.2, 0.25) is 0 Å². The number of nitrogens with one attached hydrogen (secondary N) is 2. The zero-order valence-corrected chi connectivity index (χ0v) is 17.9. The van der Waals surface area contributed by atoms with Gasteiger partial charge in [-0.05, 0) is 74.4 Å². The maximum atomic E-state index is 12.9. The van der Waals surface area contributed by atoms with Gasteiger partial charge in [0.05, 0.1) is 17.2 Å². The van der Waals surface area contributed by atoms with E-state index in [9.17, 15) is 13.2 Å². The van der Waals surface area contributed by atoms with Gasteiger partial charge in [-0.1, -0.05) is 24.3 Å². The Hall–Kier alpha value is -3.32. The van der Waals surface area contributed by atoms with Crippen LogP contribution >= 0.6 is 0 Å². The van der Waals surface area contributed by atoms with Crippen molar-refractivity contribution in [3.8, 4) is 5.75 Å². The van der Waals surface area contributed by atoms with Crippen LogP contribution in [-0.4, -0.2) is 20.9 Å². The van der Waals surface area contributed by atoms with Crippen molar-refractivity contribution < 1.29 is 17.9 Å². The van der Waals surface area contributed by atoms with E-state index in [0.717, 1.165) is 11.1 Å². The first-order chi connectivity index (χ1) is 14.3. The first-order valence-electron chi connectivity index (χ1n) is 9.53. The van der Waals surface area contributed by atoms with Crippen LogP contribution < -0.4 is 14.8 Å². The van der Waals surface area contributed by atoms with Gasteiger partial charge in [0.25, 0.3) is 15.9 Å². The zero-order chi connectivity index (χ0) is 21.7.